The van der Waals surface area contributed by atoms with Crippen molar-refractivity contribution in [2.24, 2.45) is 0 Å². The highest BCUT2D eigenvalue weighted by atomic mass is 19.4. The Kier molecular flexibility index (Phi) is 5.06. The van der Waals surface area contributed by atoms with Crippen molar-refractivity contribution in [3.8, 4) is 5.75 Å². The number of anilines is 1. The summed E-state index contributed by atoms with van der Waals surface area (Å²) in [5, 5.41) is 2.40. The molecule has 0 bridgehead atoms. The zero-order valence-corrected chi connectivity index (χ0v) is 14.3. The van der Waals surface area contributed by atoms with Gasteiger partial charge in [-0.05, 0) is 42.7 Å². The first kappa shape index (κ1) is 18.1. The number of hydrogen-bond donors (Lipinski definition) is 1. The molecular weight excluding hydrogens is 345 g/mol. The zero-order chi connectivity index (χ0) is 18.7. The van der Waals surface area contributed by atoms with Crippen molar-refractivity contribution in [1.29, 1.82) is 0 Å². The Morgan fingerprint density at radius 3 is 2.62 bits per heavy atom. The molecule has 1 aliphatic rings. The second kappa shape index (κ2) is 7.27. The summed E-state index contributed by atoms with van der Waals surface area (Å²) in [6, 6.07) is 10.7. The Labute approximate surface area is 149 Å². The lowest BCUT2D eigenvalue weighted by molar-refractivity contribution is -0.137. The van der Waals surface area contributed by atoms with Gasteiger partial charge in [0.25, 0.3) is 0 Å². The number of alkyl halides is 3. The van der Waals surface area contributed by atoms with E-state index < -0.39 is 17.8 Å². The molecule has 1 heterocycles. The number of nitrogens with zero attached hydrogens (tertiary/aromatic N) is 1. The van der Waals surface area contributed by atoms with E-state index in [0.717, 1.165) is 17.2 Å². The summed E-state index contributed by atoms with van der Waals surface area (Å²) in [6.07, 6.45) is -3.91. The number of amides is 2. The molecule has 3 rings (SSSR count). The van der Waals surface area contributed by atoms with Crippen molar-refractivity contribution in [2.75, 3.05) is 18.5 Å². The first-order valence-corrected chi connectivity index (χ1v) is 8.35. The lowest BCUT2D eigenvalue weighted by Gasteiger charge is -2.29. The highest BCUT2D eigenvalue weighted by molar-refractivity contribution is 5.90. The van der Waals surface area contributed by atoms with Crippen LogP contribution in [-0.4, -0.2) is 24.1 Å². The van der Waals surface area contributed by atoms with Crippen LogP contribution in [0.4, 0.5) is 23.7 Å². The van der Waals surface area contributed by atoms with E-state index >= 15 is 0 Å². The van der Waals surface area contributed by atoms with Gasteiger partial charge in [-0.3, -0.25) is 0 Å². The molecule has 0 radical (unpaired) electrons. The Hall–Kier alpha value is -2.70. The SMILES string of the molecule is CCOc1ccc(NC(=O)N2CCc3ccccc3C2)c(C(F)(F)F)c1. The molecule has 0 spiro atoms. The minimum absolute atomic E-state index is 0.115. The minimum Gasteiger partial charge on any atom is -0.494 e. The van der Waals surface area contributed by atoms with Crippen molar-refractivity contribution in [3.63, 3.8) is 0 Å². The van der Waals surface area contributed by atoms with E-state index in [4.69, 9.17) is 4.74 Å². The van der Waals surface area contributed by atoms with Gasteiger partial charge in [-0.15, -0.1) is 0 Å². The summed E-state index contributed by atoms with van der Waals surface area (Å²) in [7, 11) is 0. The number of benzene rings is 2. The van der Waals surface area contributed by atoms with Gasteiger partial charge in [0.1, 0.15) is 5.75 Å². The van der Waals surface area contributed by atoms with E-state index in [1.54, 1.807) is 6.92 Å². The Bertz CT molecular complexity index is 806. The molecule has 2 amide bonds. The highest BCUT2D eigenvalue weighted by Crippen LogP contribution is 2.37. The van der Waals surface area contributed by atoms with Crippen molar-refractivity contribution in [3.05, 3.63) is 59.2 Å². The molecule has 2 aromatic carbocycles. The number of nitrogens with one attached hydrogen (secondary N) is 1. The van der Waals surface area contributed by atoms with E-state index in [1.165, 1.54) is 17.0 Å². The van der Waals surface area contributed by atoms with Gasteiger partial charge in [-0.2, -0.15) is 13.2 Å². The molecule has 0 atom stereocenters. The van der Waals surface area contributed by atoms with Crippen LogP contribution < -0.4 is 10.1 Å². The molecule has 7 heteroatoms. The van der Waals surface area contributed by atoms with Crippen molar-refractivity contribution in [2.45, 2.75) is 26.1 Å². The fourth-order valence-electron chi connectivity index (χ4n) is 2.99. The second-order valence-corrected chi connectivity index (χ2v) is 6.01. The van der Waals surface area contributed by atoms with Gasteiger partial charge < -0.3 is 15.0 Å². The molecule has 0 saturated heterocycles. The molecule has 4 nitrogen and oxygen atoms in total. The Balaban J connectivity index is 1.79. The fraction of sp³-hybridized carbons (Fsp3) is 0.316. The van der Waals surface area contributed by atoms with Gasteiger partial charge in [0.05, 0.1) is 17.9 Å². The van der Waals surface area contributed by atoms with Crippen LogP contribution in [0, 0.1) is 0 Å². The number of carbonyl (C=O) groups excluding carboxylic acids is 1. The second-order valence-electron chi connectivity index (χ2n) is 6.01. The molecule has 0 aromatic heterocycles. The molecule has 26 heavy (non-hydrogen) atoms. The van der Waals surface area contributed by atoms with Gasteiger partial charge in [-0.25, -0.2) is 4.79 Å². The van der Waals surface area contributed by atoms with Crippen LogP contribution >= 0.6 is 0 Å². The van der Waals surface area contributed by atoms with Crippen LogP contribution in [0.5, 0.6) is 5.75 Å². The first-order chi connectivity index (χ1) is 12.4. The quantitative estimate of drug-likeness (QED) is 0.858. The number of ether oxygens (including phenoxy) is 1. The number of fused-ring (bicyclic) bond motifs is 1. The van der Waals surface area contributed by atoms with E-state index in [-0.39, 0.29) is 18.0 Å². The monoisotopic (exact) mass is 364 g/mol. The van der Waals surface area contributed by atoms with E-state index in [2.05, 4.69) is 5.32 Å². The maximum absolute atomic E-state index is 13.3. The van der Waals surface area contributed by atoms with Gasteiger partial charge in [0, 0.05) is 13.1 Å². The molecule has 1 N–H and O–H groups in total. The summed E-state index contributed by atoms with van der Waals surface area (Å²) in [5.74, 6) is 0.115. The Morgan fingerprint density at radius 2 is 1.92 bits per heavy atom. The average molecular weight is 364 g/mol. The van der Waals surface area contributed by atoms with E-state index in [1.807, 2.05) is 24.3 Å². The summed E-state index contributed by atoms with van der Waals surface area (Å²) in [6.45, 7) is 2.79. The van der Waals surface area contributed by atoms with Crippen LogP contribution in [0.3, 0.4) is 0 Å². The average Bonchev–Trinajstić information content (AvgIpc) is 2.62. The highest BCUT2D eigenvalue weighted by Gasteiger charge is 2.35. The minimum atomic E-state index is -4.59. The first-order valence-electron chi connectivity index (χ1n) is 8.35. The van der Waals surface area contributed by atoms with Crippen LogP contribution in [-0.2, 0) is 19.1 Å². The van der Waals surface area contributed by atoms with Crippen LogP contribution in [0.15, 0.2) is 42.5 Å². The fourth-order valence-corrected chi connectivity index (χ4v) is 2.99. The standard InChI is InChI=1S/C19H19F3N2O2/c1-2-26-15-7-8-17(16(11-15)19(20,21)22)23-18(25)24-10-9-13-5-3-4-6-14(13)12-24/h3-8,11H,2,9-10,12H2,1H3,(H,23,25). The van der Waals surface area contributed by atoms with E-state index in [0.29, 0.717) is 19.5 Å². The maximum atomic E-state index is 13.3. The number of rotatable bonds is 3. The molecule has 2 aromatic rings. The third-order valence-corrected chi connectivity index (χ3v) is 4.27. The predicted octanol–water partition coefficient (Wildman–Crippen LogP) is 4.69. The van der Waals surface area contributed by atoms with Crippen LogP contribution in [0.25, 0.3) is 0 Å². The smallest absolute Gasteiger partial charge is 0.418 e. The molecular formula is C19H19F3N2O2. The number of hydrogen-bond acceptors (Lipinski definition) is 2. The van der Waals surface area contributed by atoms with Gasteiger partial charge in [0.2, 0.25) is 0 Å². The molecule has 0 aliphatic carbocycles. The molecule has 0 fully saturated rings. The van der Waals surface area contributed by atoms with Crippen LogP contribution in [0.2, 0.25) is 0 Å². The lowest BCUT2D eigenvalue weighted by atomic mass is 10.0. The van der Waals surface area contributed by atoms with Gasteiger partial charge in [0.15, 0.2) is 0 Å². The van der Waals surface area contributed by atoms with Gasteiger partial charge >= 0.3 is 12.2 Å². The molecule has 138 valence electrons. The third kappa shape index (κ3) is 3.92. The van der Waals surface area contributed by atoms with Crippen molar-refractivity contribution >= 4 is 11.7 Å². The largest absolute Gasteiger partial charge is 0.494 e. The summed E-state index contributed by atoms with van der Waals surface area (Å²) < 4.78 is 45.1. The number of carbonyl (C=O) groups is 1. The predicted molar refractivity (Wildman–Crippen MR) is 92.2 cm³/mol. The maximum Gasteiger partial charge on any atom is 0.418 e. The summed E-state index contributed by atoms with van der Waals surface area (Å²) in [5.41, 5.74) is 0.976. The Morgan fingerprint density at radius 1 is 1.19 bits per heavy atom. The van der Waals surface area contributed by atoms with E-state index in [9.17, 15) is 18.0 Å². The molecule has 0 unspecified atom stereocenters. The topological polar surface area (TPSA) is 41.6 Å². The summed E-state index contributed by atoms with van der Waals surface area (Å²) in [4.78, 5) is 14.0. The zero-order valence-electron chi connectivity index (χ0n) is 14.3. The molecule has 1 aliphatic heterocycles. The molecule has 0 saturated carbocycles. The third-order valence-electron chi connectivity index (χ3n) is 4.27. The normalized spacial score (nSPS) is 13.9. The van der Waals surface area contributed by atoms with Crippen molar-refractivity contribution < 1.29 is 22.7 Å². The number of urea groups is 1. The van der Waals surface area contributed by atoms with Gasteiger partial charge in [-0.1, -0.05) is 24.3 Å². The van der Waals surface area contributed by atoms with Crippen LogP contribution in [0.1, 0.15) is 23.6 Å². The lowest BCUT2D eigenvalue weighted by Crippen LogP contribution is -2.39. The van der Waals surface area contributed by atoms with Crippen molar-refractivity contribution in [1.82, 2.24) is 4.90 Å². The number of halogens is 3. The summed E-state index contributed by atoms with van der Waals surface area (Å²) >= 11 is 0.